The number of nitrogens with one attached hydrogen (secondary N) is 2. The lowest BCUT2D eigenvalue weighted by atomic mass is 10.1. The number of carbonyl (C=O) groups excluding carboxylic acids is 1. The van der Waals surface area contributed by atoms with Gasteiger partial charge in [-0.15, -0.1) is 0 Å². The molecule has 0 aromatic carbocycles. The summed E-state index contributed by atoms with van der Waals surface area (Å²) in [5, 5.41) is 3.02. The van der Waals surface area contributed by atoms with E-state index in [1.54, 1.807) is 4.90 Å². The van der Waals surface area contributed by atoms with Gasteiger partial charge in [0.15, 0.2) is 0 Å². The van der Waals surface area contributed by atoms with Crippen molar-refractivity contribution in [3.63, 3.8) is 0 Å². The van der Waals surface area contributed by atoms with Gasteiger partial charge in [0.1, 0.15) is 0 Å². The highest BCUT2D eigenvalue weighted by molar-refractivity contribution is 7.88. The van der Waals surface area contributed by atoms with Crippen LogP contribution in [-0.4, -0.2) is 75.8 Å². The molecule has 2 saturated heterocycles. The van der Waals surface area contributed by atoms with Gasteiger partial charge in [0.2, 0.25) is 10.0 Å². The second-order valence-electron chi connectivity index (χ2n) is 6.39. The molecule has 2 aliphatic heterocycles. The van der Waals surface area contributed by atoms with E-state index in [1.807, 2.05) is 0 Å². The molecule has 0 radical (unpaired) electrons. The van der Waals surface area contributed by atoms with Gasteiger partial charge < -0.3 is 15.1 Å². The maximum absolute atomic E-state index is 12.2. The number of rotatable bonds is 5. The summed E-state index contributed by atoms with van der Waals surface area (Å²) >= 11 is 0. The zero-order valence-corrected chi connectivity index (χ0v) is 14.4. The number of piperidine rings is 1. The van der Waals surface area contributed by atoms with Crippen LogP contribution < -0.4 is 10.0 Å². The quantitative estimate of drug-likeness (QED) is 0.745. The standard InChI is InChI=1S/C14H28N4O3S/c1-3-17-7-4-12(11-17)10-15-14(19)18-8-5-13(6-9-18)16-22(2,20)21/h12-13,16H,3-11H2,1-2H3,(H,15,19)/t12-/m1/s1. The van der Waals surface area contributed by atoms with Gasteiger partial charge in [0.05, 0.1) is 6.26 Å². The van der Waals surface area contributed by atoms with Gasteiger partial charge in [-0.05, 0) is 38.3 Å². The Morgan fingerprint density at radius 3 is 2.41 bits per heavy atom. The fraction of sp³-hybridized carbons (Fsp3) is 0.929. The molecule has 0 unspecified atom stereocenters. The molecule has 128 valence electrons. The average Bonchev–Trinajstić information content (AvgIpc) is 2.92. The lowest BCUT2D eigenvalue weighted by molar-refractivity contribution is 0.178. The van der Waals surface area contributed by atoms with Crippen molar-refractivity contribution in [2.45, 2.75) is 32.2 Å². The minimum atomic E-state index is -3.16. The Balaban J connectivity index is 1.67. The molecule has 0 spiro atoms. The fourth-order valence-electron chi connectivity index (χ4n) is 3.21. The van der Waals surface area contributed by atoms with Crippen LogP contribution in [0, 0.1) is 5.92 Å². The molecule has 2 aliphatic rings. The molecule has 2 fully saturated rings. The summed E-state index contributed by atoms with van der Waals surface area (Å²) in [6, 6.07) is -0.0697. The molecule has 8 heteroatoms. The molecule has 0 bridgehead atoms. The lowest BCUT2D eigenvalue weighted by Gasteiger charge is -2.32. The summed E-state index contributed by atoms with van der Waals surface area (Å²) in [7, 11) is -3.16. The van der Waals surface area contributed by atoms with Gasteiger partial charge in [-0.25, -0.2) is 17.9 Å². The molecule has 0 aliphatic carbocycles. The molecule has 2 N–H and O–H groups in total. The van der Waals surface area contributed by atoms with Gasteiger partial charge in [-0.3, -0.25) is 0 Å². The Labute approximate surface area is 133 Å². The molecule has 2 amide bonds. The van der Waals surface area contributed by atoms with Crippen molar-refractivity contribution in [3.05, 3.63) is 0 Å². The van der Waals surface area contributed by atoms with E-state index in [1.165, 1.54) is 6.26 Å². The third kappa shape index (κ3) is 5.40. The molecule has 0 aromatic rings. The number of carbonyl (C=O) groups is 1. The zero-order chi connectivity index (χ0) is 16.2. The number of hydrogen-bond donors (Lipinski definition) is 2. The normalized spacial score (nSPS) is 24.6. The zero-order valence-electron chi connectivity index (χ0n) is 13.5. The number of likely N-dealkylation sites (tertiary alicyclic amines) is 2. The van der Waals surface area contributed by atoms with E-state index < -0.39 is 10.0 Å². The minimum absolute atomic E-state index is 0.0206. The lowest BCUT2D eigenvalue weighted by Crippen LogP contribution is -2.50. The smallest absolute Gasteiger partial charge is 0.317 e. The topological polar surface area (TPSA) is 81.8 Å². The van der Waals surface area contributed by atoms with E-state index in [0.717, 1.165) is 32.6 Å². The SMILES string of the molecule is CCN1CC[C@H](CNC(=O)N2CCC(NS(C)(=O)=O)CC2)C1. The first-order valence-electron chi connectivity index (χ1n) is 8.10. The number of amides is 2. The van der Waals surface area contributed by atoms with Crippen LogP contribution in [-0.2, 0) is 10.0 Å². The highest BCUT2D eigenvalue weighted by Gasteiger charge is 2.26. The first-order chi connectivity index (χ1) is 10.4. The van der Waals surface area contributed by atoms with E-state index in [2.05, 4.69) is 21.9 Å². The van der Waals surface area contributed by atoms with Crippen LogP contribution in [0.15, 0.2) is 0 Å². The van der Waals surface area contributed by atoms with Crippen molar-refractivity contribution >= 4 is 16.1 Å². The number of urea groups is 1. The van der Waals surface area contributed by atoms with E-state index >= 15 is 0 Å². The van der Waals surface area contributed by atoms with E-state index in [4.69, 9.17) is 0 Å². The Morgan fingerprint density at radius 1 is 1.18 bits per heavy atom. The summed E-state index contributed by atoms with van der Waals surface area (Å²) in [4.78, 5) is 16.3. The highest BCUT2D eigenvalue weighted by Crippen LogP contribution is 2.15. The largest absolute Gasteiger partial charge is 0.338 e. The van der Waals surface area contributed by atoms with Crippen molar-refractivity contribution in [3.8, 4) is 0 Å². The molecule has 2 heterocycles. The predicted molar refractivity (Wildman–Crippen MR) is 86.2 cm³/mol. The summed E-state index contributed by atoms with van der Waals surface area (Å²) in [5.41, 5.74) is 0. The molecule has 2 rings (SSSR count). The van der Waals surface area contributed by atoms with Gasteiger partial charge in [0.25, 0.3) is 0 Å². The van der Waals surface area contributed by atoms with Crippen molar-refractivity contribution < 1.29 is 13.2 Å². The predicted octanol–water partition coefficient (Wildman–Crippen LogP) is 0.0514. The van der Waals surface area contributed by atoms with Crippen LogP contribution in [0.5, 0.6) is 0 Å². The first kappa shape index (κ1) is 17.5. The fourth-order valence-corrected chi connectivity index (χ4v) is 4.05. The van der Waals surface area contributed by atoms with E-state index in [9.17, 15) is 13.2 Å². The Bertz CT molecular complexity index is 474. The van der Waals surface area contributed by atoms with E-state index in [0.29, 0.717) is 31.8 Å². The second kappa shape index (κ2) is 7.61. The molecular formula is C14H28N4O3S. The number of hydrogen-bond acceptors (Lipinski definition) is 4. The Morgan fingerprint density at radius 2 is 1.86 bits per heavy atom. The van der Waals surface area contributed by atoms with Crippen LogP contribution in [0.1, 0.15) is 26.2 Å². The van der Waals surface area contributed by atoms with Crippen LogP contribution in [0.25, 0.3) is 0 Å². The van der Waals surface area contributed by atoms with Gasteiger partial charge >= 0.3 is 6.03 Å². The molecule has 0 saturated carbocycles. The molecular weight excluding hydrogens is 304 g/mol. The van der Waals surface area contributed by atoms with Crippen molar-refractivity contribution in [2.24, 2.45) is 5.92 Å². The first-order valence-corrected chi connectivity index (χ1v) is 9.99. The minimum Gasteiger partial charge on any atom is -0.338 e. The number of sulfonamides is 1. The average molecular weight is 332 g/mol. The molecule has 7 nitrogen and oxygen atoms in total. The van der Waals surface area contributed by atoms with Crippen molar-refractivity contribution in [1.29, 1.82) is 0 Å². The van der Waals surface area contributed by atoms with Gasteiger partial charge in [-0.2, -0.15) is 0 Å². The highest BCUT2D eigenvalue weighted by atomic mass is 32.2. The summed E-state index contributed by atoms with van der Waals surface area (Å²) in [6.45, 7) is 7.37. The summed E-state index contributed by atoms with van der Waals surface area (Å²) < 4.78 is 25.0. The Kier molecular flexibility index (Phi) is 6.05. The van der Waals surface area contributed by atoms with Crippen LogP contribution in [0.3, 0.4) is 0 Å². The Hall–Kier alpha value is -0.860. The second-order valence-corrected chi connectivity index (χ2v) is 8.17. The summed E-state index contributed by atoms with van der Waals surface area (Å²) in [5.74, 6) is 0.549. The monoisotopic (exact) mass is 332 g/mol. The molecule has 1 atom stereocenters. The third-order valence-corrected chi connectivity index (χ3v) is 5.28. The van der Waals surface area contributed by atoms with Crippen LogP contribution in [0.4, 0.5) is 4.79 Å². The number of nitrogens with zero attached hydrogens (tertiary/aromatic N) is 2. The van der Waals surface area contributed by atoms with Crippen molar-refractivity contribution in [2.75, 3.05) is 45.5 Å². The van der Waals surface area contributed by atoms with Gasteiger partial charge in [-0.1, -0.05) is 6.92 Å². The third-order valence-electron chi connectivity index (χ3n) is 4.52. The van der Waals surface area contributed by atoms with Gasteiger partial charge in [0, 0.05) is 32.2 Å². The van der Waals surface area contributed by atoms with Crippen LogP contribution >= 0.6 is 0 Å². The van der Waals surface area contributed by atoms with Crippen LogP contribution in [0.2, 0.25) is 0 Å². The van der Waals surface area contributed by atoms with E-state index in [-0.39, 0.29) is 12.1 Å². The molecule has 0 aromatic heterocycles. The maximum Gasteiger partial charge on any atom is 0.317 e. The summed E-state index contributed by atoms with van der Waals surface area (Å²) in [6.07, 6.45) is 3.67. The maximum atomic E-state index is 12.2. The van der Waals surface area contributed by atoms with Crippen molar-refractivity contribution in [1.82, 2.24) is 19.8 Å². The molecule has 22 heavy (non-hydrogen) atoms.